The van der Waals surface area contributed by atoms with E-state index in [-0.39, 0.29) is 36.0 Å². The van der Waals surface area contributed by atoms with Crippen LogP contribution in [0.1, 0.15) is 51.3 Å². The maximum atomic E-state index is 13.4. The van der Waals surface area contributed by atoms with Gasteiger partial charge in [-0.05, 0) is 73.8 Å². The summed E-state index contributed by atoms with van der Waals surface area (Å²) in [6.07, 6.45) is 8.62. The molecule has 184 valence electrons. The van der Waals surface area contributed by atoms with Crippen molar-refractivity contribution >= 4 is 12.0 Å². The van der Waals surface area contributed by atoms with E-state index in [1.54, 1.807) is 10.7 Å². The van der Waals surface area contributed by atoms with Gasteiger partial charge in [-0.15, -0.1) is 0 Å². The Morgan fingerprint density at radius 3 is 2.71 bits per heavy atom. The van der Waals surface area contributed by atoms with E-state index in [1.807, 2.05) is 13.1 Å². The minimum Gasteiger partial charge on any atom is -0.479 e. The summed E-state index contributed by atoms with van der Waals surface area (Å²) in [4.78, 5) is 15.9. The zero-order chi connectivity index (χ0) is 24.9. The van der Waals surface area contributed by atoms with Crippen molar-refractivity contribution in [3.05, 3.63) is 59.0 Å². The first-order valence-corrected chi connectivity index (χ1v) is 12.2. The predicted octanol–water partition coefficient (Wildman–Crippen LogP) is 3.54. The highest BCUT2D eigenvalue weighted by atomic mass is 19.1. The van der Waals surface area contributed by atoms with Crippen LogP contribution < -0.4 is 0 Å². The minimum atomic E-state index is -1.83. The Balaban J connectivity index is 1.45. The lowest BCUT2D eigenvalue weighted by Gasteiger charge is -2.59. The summed E-state index contributed by atoms with van der Waals surface area (Å²) in [5, 5.41) is 37.2. The first-order chi connectivity index (χ1) is 16.5. The molecule has 7 atom stereocenters. The van der Waals surface area contributed by atoms with Crippen molar-refractivity contribution in [1.29, 1.82) is 0 Å². The van der Waals surface area contributed by atoms with Crippen molar-refractivity contribution in [2.24, 2.45) is 28.6 Å². The summed E-state index contributed by atoms with van der Waals surface area (Å²) in [6.45, 7) is 6.11. The number of carboxylic acid groups (broad SMARTS) is 1. The Morgan fingerprint density at radius 2 is 2.03 bits per heavy atom. The number of allylic oxidation sites excluding steroid dienone is 3. The SMILES string of the molecule is CC1=C[C@@H]2C([C@@H](O)C[C@@]3(C)[C@H]2CC[C@]3(O)C(=O)O)[C@@]2(C)Cc3cnn(-c4ccc(F)nc4)c3C=C12. The Hall–Kier alpha value is -2.84. The third-order valence-electron chi connectivity index (χ3n) is 9.76. The van der Waals surface area contributed by atoms with Gasteiger partial charge < -0.3 is 15.3 Å². The number of hydrogen-bond acceptors (Lipinski definition) is 5. The molecule has 3 N–H and O–H groups in total. The third kappa shape index (κ3) is 2.81. The average molecular weight is 480 g/mol. The van der Waals surface area contributed by atoms with Gasteiger partial charge in [-0.2, -0.15) is 9.49 Å². The van der Waals surface area contributed by atoms with Crippen molar-refractivity contribution < 1.29 is 24.5 Å². The molecular weight excluding hydrogens is 449 g/mol. The number of fused-ring (bicyclic) bond motifs is 6. The minimum absolute atomic E-state index is 0.0280. The fraction of sp³-hybridized carbons (Fsp3) is 0.519. The van der Waals surface area contributed by atoms with Crippen LogP contribution in [0, 0.1) is 34.5 Å². The lowest BCUT2D eigenvalue weighted by molar-refractivity contribution is -0.188. The molecule has 2 aromatic heterocycles. The van der Waals surface area contributed by atoms with Gasteiger partial charge in [0.25, 0.3) is 0 Å². The zero-order valence-electron chi connectivity index (χ0n) is 20.1. The van der Waals surface area contributed by atoms with Crippen LogP contribution in [0.4, 0.5) is 4.39 Å². The molecule has 35 heavy (non-hydrogen) atoms. The maximum Gasteiger partial charge on any atom is 0.336 e. The lowest BCUT2D eigenvalue weighted by atomic mass is 9.46. The molecule has 4 aliphatic carbocycles. The van der Waals surface area contributed by atoms with Gasteiger partial charge in [0.15, 0.2) is 5.60 Å². The molecule has 4 aliphatic rings. The molecule has 8 heteroatoms. The van der Waals surface area contributed by atoms with Crippen molar-refractivity contribution in [1.82, 2.24) is 14.8 Å². The molecule has 0 aliphatic heterocycles. The summed E-state index contributed by atoms with van der Waals surface area (Å²) in [5.74, 6) is -1.90. The van der Waals surface area contributed by atoms with Crippen molar-refractivity contribution in [2.75, 3.05) is 0 Å². The van der Waals surface area contributed by atoms with E-state index < -0.39 is 29.0 Å². The van der Waals surface area contributed by atoms with E-state index in [9.17, 15) is 24.5 Å². The van der Waals surface area contributed by atoms with Crippen LogP contribution in [0.5, 0.6) is 0 Å². The Morgan fingerprint density at radius 1 is 1.26 bits per heavy atom. The Kier molecular flexibility index (Phi) is 4.59. The summed E-state index contributed by atoms with van der Waals surface area (Å²) in [5.41, 5.74) is 1.80. The fourth-order valence-electron chi connectivity index (χ4n) is 8.11. The highest BCUT2D eigenvalue weighted by Gasteiger charge is 2.68. The average Bonchev–Trinajstić information content (AvgIpc) is 3.31. The molecule has 2 aromatic rings. The highest BCUT2D eigenvalue weighted by Crippen LogP contribution is 2.67. The number of aromatic nitrogens is 3. The number of halogens is 1. The second-order valence-corrected chi connectivity index (χ2v) is 11.4. The van der Waals surface area contributed by atoms with Crippen LogP contribution >= 0.6 is 0 Å². The number of aliphatic hydroxyl groups is 2. The summed E-state index contributed by atoms with van der Waals surface area (Å²) >= 11 is 0. The molecular formula is C27H30FN3O4. The maximum absolute atomic E-state index is 13.4. The van der Waals surface area contributed by atoms with Gasteiger partial charge in [-0.1, -0.05) is 25.5 Å². The Labute approximate surface area is 203 Å². The van der Waals surface area contributed by atoms with Gasteiger partial charge in [-0.25, -0.2) is 14.5 Å². The van der Waals surface area contributed by atoms with Crippen molar-refractivity contribution in [3.8, 4) is 5.69 Å². The van der Waals surface area contributed by atoms with Crippen LogP contribution in [-0.4, -0.2) is 47.8 Å². The van der Waals surface area contributed by atoms with Gasteiger partial charge in [0.05, 0.1) is 29.9 Å². The monoisotopic (exact) mass is 479 g/mol. The second-order valence-electron chi connectivity index (χ2n) is 11.4. The van der Waals surface area contributed by atoms with Crippen molar-refractivity contribution in [3.63, 3.8) is 0 Å². The molecule has 0 saturated heterocycles. The fourth-order valence-corrected chi connectivity index (χ4v) is 8.11. The molecule has 0 aromatic carbocycles. The molecule has 1 unspecified atom stereocenters. The van der Waals surface area contributed by atoms with E-state index in [1.165, 1.54) is 12.3 Å². The largest absolute Gasteiger partial charge is 0.479 e. The molecule has 2 fully saturated rings. The van der Waals surface area contributed by atoms with E-state index in [0.717, 1.165) is 22.4 Å². The number of carbonyl (C=O) groups is 1. The lowest BCUT2D eigenvalue weighted by Crippen LogP contribution is -2.61. The molecule has 0 amide bonds. The number of nitrogens with zero attached hydrogens (tertiary/aromatic N) is 3. The van der Waals surface area contributed by atoms with E-state index >= 15 is 0 Å². The summed E-state index contributed by atoms with van der Waals surface area (Å²) in [6, 6.07) is 2.96. The van der Waals surface area contributed by atoms with E-state index in [2.05, 4.69) is 36.1 Å². The number of rotatable bonds is 2. The van der Waals surface area contributed by atoms with E-state index in [4.69, 9.17) is 0 Å². The Bertz CT molecular complexity index is 1300. The molecule has 2 saturated carbocycles. The van der Waals surface area contributed by atoms with Gasteiger partial charge >= 0.3 is 5.97 Å². The van der Waals surface area contributed by atoms with Gasteiger partial charge in [0.1, 0.15) is 0 Å². The van der Waals surface area contributed by atoms with Crippen LogP contribution in [-0.2, 0) is 11.2 Å². The van der Waals surface area contributed by atoms with E-state index in [0.29, 0.717) is 18.5 Å². The molecule has 6 rings (SSSR count). The third-order valence-corrected chi connectivity index (χ3v) is 9.76. The number of hydrogen-bond donors (Lipinski definition) is 3. The normalized spacial score (nSPS) is 39.6. The smallest absolute Gasteiger partial charge is 0.336 e. The van der Waals surface area contributed by atoms with Crippen LogP contribution in [0.2, 0.25) is 0 Å². The molecule has 0 radical (unpaired) electrons. The van der Waals surface area contributed by atoms with Gasteiger partial charge in [0.2, 0.25) is 5.95 Å². The molecule has 0 bridgehead atoms. The van der Waals surface area contributed by atoms with Gasteiger partial charge in [0, 0.05) is 16.7 Å². The number of pyridine rings is 1. The predicted molar refractivity (Wildman–Crippen MR) is 126 cm³/mol. The molecule has 0 spiro atoms. The highest BCUT2D eigenvalue weighted by molar-refractivity contribution is 5.79. The second kappa shape index (κ2) is 7.11. The van der Waals surface area contributed by atoms with Crippen LogP contribution in [0.25, 0.3) is 11.8 Å². The topological polar surface area (TPSA) is 108 Å². The summed E-state index contributed by atoms with van der Waals surface area (Å²) in [7, 11) is 0. The summed E-state index contributed by atoms with van der Waals surface area (Å²) < 4.78 is 15.1. The standard InChI is InChI=1S/C27H30FN3O4/c1-14-8-17-18-6-7-27(35,24(33)34)26(18,3)11-21(32)23(17)25(2)10-15-12-30-31(20(15)9-19(14)25)16-4-5-22(28)29-13-16/h4-5,8-9,12-13,17-18,21,23,32,35H,6-7,10-11H2,1-3H3,(H,33,34)/t17-,18-,21-,23?,25-,26-,27-/m0/s1. The first kappa shape index (κ1) is 22.6. The zero-order valence-corrected chi connectivity index (χ0v) is 20.1. The number of aliphatic carboxylic acids is 1. The molecule has 7 nitrogen and oxygen atoms in total. The number of carboxylic acids is 1. The van der Waals surface area contributed by atoms with Crippen LogP contribution in [0.15, 0.2) is 41.7 Å². The first-order valence-electron chi connectivity index (χ1n) is 12.2. The number of aliphatic hydroxyl groups excluding tert-OH is 1. The van der Waals surface area contributed by atoms with Crippen molar-refractivity contribution in [2.45, 2.75) is 58.2 Å². The quantitative estimate of drug-likeness (QED) is 0.569. The van der Waals surface area contributed by atoms with Crippen LogP contribution in [0.3, 0.4) is 0 Å². The van der Waals surface area contributed by atoms with Gasteiger partial charge in [-0.3, -0.25) is 0 Å². The molecule has 2 heterocycles.